The van der Waals surface area contributed by atoms with Crippen LogP contribution in [0.1, 0.15) is 0 Å². The van der Waals surface area contributed by atoms with Gasteiger partial charge in [-0.25, -0.2) is 9.59 Å². The normalized spacial score (nSPS) is 13.2. The standard InChI is InChI=1S/C4H6O6.H3N.Na.H/c5-1(3(7)8)2(6)4(9)10;;;/h1-2,5-6H,(H,7,8)(H,9,10);1H3;;. The molecule has 0 spiro atoms. The Morgan fingerprint density at radius 1 is 0.917 bits per heavy atom. The number of aliphatic carboxylic acids is 2. The Hall–Kier alpha value is -0.180. The van der Waals surface area contributed by atoms with Crippen molar-refractivity contribution in [3.63, 3.8) is 0 Å². The van der Waals surface area contributed by atoms with Crippen molar-refractivity contribution < 1.29 is 30.0 Å². The average Bonchev–Trinajstić information content (AvgIpc) is 1.84. The summed E-state index contributed by atoms with van der Waals surface area (Å²) in [6, 6.07) is 0. The molecule has 0 aliphatic rings. The summed E-state index contributed by atoms with van der Waals surface area (Å²) in [6.07, 6.45) is -4.53. The third kappa shape index (κ3) is 5.47. The van der Waals surface area contributed by atoms with Crippen LogP contribution in [0.3, 0.4) is 0 Å². The van der Waals surface area contributed by atoms with Gasteiger partial charge in [-0.3, -0.25) is 0 Å². The monoisotopic (exact) mass is 191 g/mol. The predicted octanol–water partition coefficient (Wildman–Crippen LogP) is -2.61. The second-order valence-corrected chi connectivity index (χ2v) is 1.57. The third-order valence-electron chi connectivity index (χ3n) is 0.805. The summed E-state index contributed by atoms with van der Waals surface area (Å²) in [5, 5.41) is 32.5. The molecule has 2 unspecified atom stereocenters. The Bertz CT molecular complexity index is 144. The van der Waals surface area contributed by atoms with Gasteiger partial charge in [-0.15, -0.1) is 0 Å². The fraction of sp³-hybridized carbons (Fsp3) is 0.500. The van der Waals surface area contributed by atoms with Crippen LogP contribution in [0.5, 0.6) is 0 Å². The van der Waals surface area contributed by atoms with E-state index in [-0.39, 0.29) is 35.7 Å². The van der Waals surface area contributed by atoms with Gasteiger partial charge in [-0.2, -0.15) is 0 Å². The van der Waals surface area contributed by atoms with Gasteiger partial charge in [0.15, 0.2) is 12.2 Å². The molecule has 0 aliphatic heterocycles. The van der Waals surface area contributed by atoms with Crippen molar-refractivity contribution in [2.75, 3.05) is 0 Å². The van der Waals surface area contributed by atoms with Crippen molar-refractivity contribution in [3.05, 3.63) is 0 Å². The van der Waals surface area contributed by atoms with E-state index >= 15 is 0 Å². The minimum atomic E-state index is -2.27. The Morgan fingerprint density at radius 2 is 1.08 bits per heavy atom. The SMILES string of the molecule is N.O=C(O)C(O)C(O)C(=O)O.[NaH]. The molecule has 0 rings (SSSR count). The molecule has 0 radical (unpaired) electrons. The van der Waals surface area contributed by atoms with Crippen LogP contribution in [0.15, 0.2) is 0 Å². The molecule has 0 heterocycles. The Morgan fingerprint density at radius 3 is 1.17 bits per heavy atom. The van der Waals surface area contributed by atoms with E-state index < -0.39 is 24.1 Å². The van der Waals surface area contributed by atoms with E-state index in [0.29, 0.717) is 0 Å². The fourth-order valence-corrected chi connectivity index (χ4v) is 0.270. The van der Waals surface area contributed by atoms with E-state index in [1.54, 1.807) is 0 Å². The first-order valence-corrected chi connectivity index (χ1v) is 2.28. The number of carbonyl (C=O) groups is 2. The number of carboxylic acid groups (broad SMARTS) is 2. The van der Waals surface area contributed by atoms with Crippen molar-refractivity contribution in [1.82, 2.24) is 6.15 Å². The van der Waals surface area contributed by atoms with Crippen LogP contribution in [-0.4, -0.2) is 74.1 Å². The van der Waals surface area contributed by atoms with E-state index in [1.807, 2.05) is 0 Å². The molecule has 12 heavy (non-hydrogen) atoms. The van der Waals surface area contributed by atoms with Crippen molar-refractivity contribution in [3.8, 4) is 0 Å². The topological polar surface area (TPSA) is 150 Å². The van der Waals surface area contributed by atoms with Crippen LogP contribution in [0.2, 0.25) is 0 Å². The van der Waals surface area contributed by atoms with Crippen LogP contribution in [-0.2, 0) is 9.59 Å². The molecule has 7 nitrogen and oxygen atoms in total. The number of aliphatic hydroxyl groups excluding tert-OH is 2. The second kappa shape index (κ2) is 7.47. The van der Waals surface area contributed by atoms with Crippen LogP contribution < -0.4 is 6.15 Å². The molecule has 0 aromatic rings. The zero-order valence-electron chi connectivity index (χ0n) is 5.47. The van der Waals surface area contributed by atoms with Gasteiger partial charge in [-0.1, -0.05) is 0 Å². The van der Waals surface area contributed by atoms with Crippen molar-refractivity contribution >= 4 is 41.5 Å². The first-order valence-electron chi connectivity index (χ1n) is 2.28. The number of rotatable bonds is 3. The number of hydrogen-bond acceptors (Lipinski definition) is 5. The van der Waals surface area contributed by atoms with E-state index in [9.17, 15) is 9.59 Å². The third-order valence-corrected chi connectivity index (χ3v) is 0.805. The summed E-state index contributed by atoms with van der Waals surface area (Å²) < 4.78 is 0. The maximum atomic E-state index is 9.77. The Labute approximate surface area is 89.9 Å². The van der Waals surface area contributed by atoms with Gasteiger partial charge in [0.05, 0.1) is 0 Å². The summed E-state index contributed by atoms with van der Waals surface area (Å²) in [5.41, 5.74) is 0. The van der Waals surface area contributed by atoms with Gasteiger partial charge in [-0.05, 0) is 0 Å². The molecule has 0 saturated carbocycles. The molecule has 68 valence electrons. The molecule has 0 bridgehead atoms. The molecule has 0 fully saturated rings. The summed E-state index contributed by atoms with van der Waals surface area (Å²) >= 11 is 0. The van der Waals surface area contributed by atoms with Crippen LogP contribution in [0.4, 0.5) is 0 Å². The van der Waals surface area contributed by atoms with Crippen molar-refractivity contribution in [2.45, 2.75) is 12.2 Å². The summed E-state index contributed by atoms with van der Waals surface area (Å²) in [4.78, 5) is 19.5. The summed E-state index contributed by atoms with van der Waals surface area (Å²) in [6.45, 7) is 0. The first kappa shape index (κ1) is 17.8. The molecule has 7 N–H and O–H groups in total. The minimum absolute atomic E-state index is 0. The van der Waals surface area contributed by atoms with E-state index in [4.69, 9.17) is 20.4 Å². The van der Waals surface area contributed by atoms with E-state index in [1.165, 1.54) is 0 Å². The zero-order chi connectivity index (χ0) is 8.31. The van der Waals surface area contributed by atoms with Crippen molar-refractivity contribution in [1.29, 1.82) is 0 Å². The van der Waals surface area contributed by atoms with Gasteiger partial charge in [0.25, 0.3) is 0 Å². The Kier molecular flexibility index (Phi) is 11.1. The number of hydrogen-bond donors (Lipinski definition) is 5. The number of aliphatic hydroxyl groups is 2. The van der Waals surface area contributed by atoms with Gasteiger partial charge < -0.3 is 26.6 Å². The van der Waals surface area contributed by atoms with Gasteiger partial charge in [0, 0.05) is 0 Å². The first-order chi connectivity index (χ1) is 4.46. The van der Waals surface area contributed by atoms with Gasteiger partial charge >= 0.3 is 41.5 Å². The van der Waals surface area contributed by atoms with Crippen LogP contribution in [0, 0.1) is 0 Å². The second-order valence-electron chi connectivity index (χ2n) is 1.57. The van der Waals surface area contributed by atoms with Crippen LogP contribution in [0.25, 0.3) is 0 Å². The van der Waals surface area contributed by atoms with E-state index in [0.717, 1.165) is 0 Å². The molecule has 8 heteroatoms. The molecule has 0 aliphatic carbocycles. The fourth-order valence-electron chi connectivity index (χ4n) is 0.270. The van der Waals surface area contributed by atoms with Gasteiger partial charge in [0.1, 0.15) is 0 Å². The zero-order valence-corrected chi connectivity index (χ0v) is 5.47. The quantitative estimate of drug-likeness (QED) is 0.306. The molecule has 0 aromatic carbocycles. The van der Waals surface area contributed by atoms with Gasteiger partial charge in [0.2, 0.25) is 0 Å². The number of carboxylic acids is 2. The molecule has 0 saturated heterocycles. The molecular weight excluding hydrogens is 181 g/mol. The summed E-state index contributed by atoms with van der Waals surface area (Å²) in [7, 11) is 0. The summed E-state index contributed by atoms with van der Waals surface area (Å²) in [5.74, 6) is -3.54. The molecule has 0 aromatic heterocycles. The molecular formula is C4H10NNaO6. The maximum absolute atomic E-state index is 9.77. The predicted molar refractivity (Wildman–Crippen MR) is 39.5 cm³/mol. The van der Waals surface area contributed by atoms with E-state index in [2.05, 4.69) is 0 Å². The van der Waals surface area contributed by atoms with Crippen LogP contribution >= 0.6 is 0 Å². The Balaban J connectivity index is -0.000000405. The average molecular weight is 191 g/mol. The molecule has 2 atom stereocenters. The molecule has 0 amide bonds. The van der Waals surface area contributed by atoms with Crippen molar-refractivity contribution in [2.24, 2.45) is 0 Å².